The Balaban J connectivity index is 2.20. The lowest BCUT2D eigenvalue weighted by Gasteiger charge is -2.29. The van der Waals surface area contributed by atoms with Crippen LogP contribution in [0.25, 0.3) is 0 Å². The fraction of sp³-hybridized carbons (Fsp3) is 0.538. The van der Waals surface area contributed by atoms with Gasteiger partial charge in [-0.2, -0.15) is 0 Å². The fourth-order valence-corrected chi connectivity index (χ4v) is 2.65. The molecule has 1 fully saturated rings. The average molecular weight is 273 g/mol. The van der Waals surface area contributed by atoms with Crippen LogP contribution in [0.2, 0.25) is 5.02 Å². The maximum absolute atomic E-state index is 13.1. The van der Waals surface area contributed by atoms with Crippen LogP contribution in [0.3, 0.4) is 0 Å². The first-order chi connectivity index (χ1) is 8.72. The van der Waals surface area contributed by atoms with Gasteiger partial charge in [-0.25, -0.2) is 4.39 Å². The van der Waals surface area contributed by atoms with Gasteiger partial charge in [-0.05, 0) is 30.7 Å². The lowest BCUT2D eigenvalue weighted by molar-refractivity contribution is 0.130. The van der Waals surface area contributed by atoms with Crippen molar-refractivity contribution in [2.45, 2.75) is 12.5 Å². The molecular weight excluding hydrogens is 255 g/mol. The van der Waals surface area contributed by atoms with E-state index in [0.29, 0.717) is 5.02 Å². The summed E-state index contributed by atoms with van der Waals surface area (Å²) < 4.78 is 13.1. The van der Waals surface area contributed by atoms with Crippen LogP contribution in [0.5, 0.6) is 0 Å². The largest absolute Gasteiger partial charge is 0.394 e. The average Bonchev–Trinajstić information content (AvgIpc) is 2.62. The number of rotatable bonds is 3. The molecule has 0 amide bonds. The highest BCUT2D eigenvalue weighted by Crippen LogP contribution is 2.28. The van der Waals surface area contributed by atoms with Crippen molar-refractivity contribution in [2.75, 3.05) is 32.8 Å². The van der Waals surface area contributed by atoms with E-state index in [1.54, 1.807) is 6.07 Å². The number of benzene rings is 1. The third kappa shape index (κ3) is 3.20. The zero-order valence-corrected chi connectivity index (χ0v) is 11.0. The summed E-state index contributed by atoms with van der Waals surface area (Å²) in [5, 5.41) is 13.3. The molecule has 1 aromatic rings. The van der Waals surface area contributed by atoms with E-state index < -0.39 is 0 Å². The minimum atomic E-state index is -0.349. The first kappa shape index (κ1) is 13.7. The Kier molecular flexibility index (Phi) is 4.95. The molecule has 5 heteroatoms. The van der Waals surface area contributed by atoms with Gasteiger partial charge in [0.15, 0.2) is 0 Å². The van der Waals surface area contributed by atoms with Crippen molar-refractivity contribution in [1.29, 1.82) is 0 Å². The van der Waals surface area contributed by atoms with Crippen LogP contribution in [0.1, 0.15) is 18.0 Å². The molecule has 0 spiro atoms. The standard InChI is InChI=1S/C13H18ClFN2O/c14-12-8-10(15)2-3-11(12)13(9-18)17-6-1-4-16-5-7-17/h2-3,8,13,16,18H,1,4-7,9H2. The maximum atomic E-state index is 13.1. The van der Waals surface area contributed by atoms with E-state index in [1.165, 1.54) is 12.1 Å². The molecule has 1 aliphatic rings. The fourth-order valence-electron chi connectivity index (χ4n) is 2.36. The van der Waals surface area contributed by atoms with Crippen molar-refractivity contribution in [3.05, 3.63) is 34.6 Å². The minimum absolute atomic E-state index is 0.00858. The Morgan fingerprint density at radius 1 is 1.39 bits per heavy atom. The van der Waals surface area contributed by atoms with Crippen molar-refractivity contribution < 1.29 is 9.50 Å². The van der Waals surface area contributed by atoms with Crippen LogP contribution in [-0.2, 0) is 0 Å². The molecule has 0 saturated carbocycles. The number of aliphatic hydroxyl groups is 1. The first-order valence-corrected chi connectivity index (χ1v) is 6.60. The Bertz CT molecular complexity index is 395. The van der Waals surface area contributed by atoms with Crippen LogP contribution >= 0.6 is 11.6 Å². The van der Waals surface area contributed by atoms with Crippen molar-refractivity contribution in [3.63, 3.8) is 0 Å². The predicted molar refractivity (Wildman–Crippen MR) is 70.3 cm³/mol. The molecule has 1 unspecified atom stereocenters. The highest BCUT2D eigenvalue weighted by Gasteiger charge is 2.22. The summed E-state index contributed by atoms with van der Waals surface area (Å²) in [7, 11) is 0. The zero-order chi connectivity index (χ0) is 13.0. The SMILES string of the molecule is OCC(c1ccc(F)cc1Cl)N1CCCNCC1. The zero-order valence-electron chi connectivity index (χ0n) is 10.2. The Morgan fingerprint density at radius 2 is 2.22 bits per heavy atom. The Hall–Kier alpha value is -0.680. The van der Waals surface area contributed by atoms with Crippen LogP contribution in [-0.4, -0.2) is 42.8 Å². The molecule has 1 atom stereocenters. The molecule has 0 aromatic heterocycles. The van der Waals surface area contributed by atoms with Crippen molar-refractivity contribution in [2.24, 2.45) is 0 Å². The van der Waals surface area contributed by atoms with Gasteiger partial charge in [-0.3, -0.25) is 4.90 Å². The van der Waals surface area contributed by atoms with Crippen molar-refractivity contribution >= 4 is 11.6 Å². The number of nitrogens with one attached hydrogen (secondary N) is 1. The van der Waals surface area contributed by atoms with E-state index in [2.05, 4.69) is 10.2 Å². The lowest BCUT2D eigenvalue weighted by atomic mass is 10.1. The quantitative estimate of drug-likeness (QED) is 0.881. The van der Waals surface area contributed by atoms with Crippen molar-refractivity contribution in [3.8, 4) is 0 Å². The van der Waals surface area contributed by atoms with Gasteiger partial charge in [0.1, 0.15) is 5.82 Å². The monoisotopic (exact) mass is 272 g/mol. The van der Waals surface area contributed by atoms with Gasteiger partial charge in [-0.1, -0.05) is 17.7 Å². The molecule has 2 rings (SSSR count). The van der Waals surface area contributed by atoms with E-state index in [1.807, 2.05) is 0 Å². The molecule has 0 radical (unpaired) electrons. The second-order valence-electron chi connectivity index (χ2n) is 4.50. The second kappa shape index (κ2) is 6.48. The maximum Gasteiger partial charge on any atom is 0.124 e. The Labute approximate surface area is 112 Å². The van der Waals surface area contributed by atoms with Crippen molar-refractivity contribution in [1.82, 2.24) is 10.2 Å². The van der Waals surface area contributed by atoms with Crippen LogP contribution in [0.4, 0.5) is 4.39 Å². The van der Waals surface area contributed by atoms with Gasteiger partial charge >= 0.3 is 0 Å². The summed E-state index contributed by atoms with van der Waals surface area (Å²) >= 11 is 6.07. The molecule has 1 heterocycles. The summed E-state index contributed by atoms with van der Waals surface area (Å²) in [5.41, 5.74) is 0.794. The molecule has 2 N–H and O–H groups in total. The summed E-state index contributed by atoms with van der Waals surface area (Å²) in [4.78, 5) is 2.19. The number of halogens is 2. The summed E-state index contributed by atoms with van der Waals surface area (Å²) in [6, 6.07) is 4.20. The van der Waals surface area contributed by atoms with Gasteiger partial charge in [-0.15, -0.1) is 0 Å². The van der Waals surface area contributed by atoms with Gasteiger partial charge in [0.25, 0.3) is 0 Å². The van der Waals surface area contributed by atoms with E-state index in [0.717, 1.165) is 38.2 Å². The van der Waals surface area contributed by atoms with Crippen LogP contribution in [0.15, 0.2) is 18.2 Å². The number of aliphatic hydroxyl groups excluding tert-OH is 1. The number of hydrogen-bond acceptors (Lipinski definition) is 3. The normalized spacial score (nSPS) is 19.5. The molecule has 1 saturated heterocycles. The molecule has 0 aliphatic carbocycles. The van der Waals surface area contributed by atoms with E-state index in [-0.39, 0.29) is 18.5 Å². The molecule has 3 nitrogen and oxygen atoms in total. The summed E-state index contributed by atoms with van der Waals surface area (Å²) in [6.45, 7) is 3.65. The second-order valence-corrected chi connectivity index (χ2v) is 4.91. The Morgan fingerprint density at radius 3 is 2.94 bits per heavy atom. The third-order valence-electron chi connectivity index (χ3n) is 3.31. The smallest absolute Gasteiger partial charge is 0.124 e. The van der Waals surface area contributed by atoms with Gasteiger partial charge in [0, 0.05) is 24.7 Å². The number of nitrogens with zero attached hydrogens (tertiary/aromatic N) is 1. The first-order valence-electron chi connectivity index (χ1n) is 6.23. The van der Waals surface area contributed by atoms with E-state index in [9.17, 15) is 9.50 Å². The van der Waals surface area contributed by atoms with Gasteiger partial charge < -0.3 is 10.4 Å². The predicted octanol–water partition coefficient (Wildman–Crippen LogP) is 1.81. The molecule has 0 bridgehead atoms. The van der Waals surface area contributed by atoms with Crippen LogP contribution in [0, 0.1) is 5.82 Å². The summed E-state index contributed by atoms with van der Waals surface area (Å²) in [6.07, 6.45) is 1.04. The van der Waals surface area contributed by atoms with Gasteiger partial charge in [0.05, 0.1) is 12.6 Å². The molecule has 1 aliphatic heterocycles. The number of hydrogen-bond donors (Lipinski definition) is 2. The molecule has 1 aromatic carbocycles. The van der Waals surface area contributed by atoms with E-state index in [4.69, 9.17) is 11.6 Å². The third-order valence-corrected chi connectivity index (χ3v) is 3.64. The molecule has 100 valence electrons. The highest BCUT2D eigenvalue weighted by molar-refractivity contribution is 6.31. The topological polar surface area (TPSA) is 35.5 Å². The van der Waals surface area contributed by atoms with E-state index >= 15 is 0 Å². The minimum Gasteiger partial charge on any atom is -0.394 e. The van der Waals surface area contributed by atoms with Crippen LogP contribution < -0.4 is 5.32 Å². The molecule has 18 heavy (non-hydrogen) atoms. The lowest BCUT2D eigenvalue weighted by Crippen LogP contribution is -2.34. The molecular formula is C13H18ClFN2O. The summed E-state index contributed by atoms with van der Waals surface area (Å²) in [5.74, 6) is -0.349. The van der Waals surface area contributed by atoms with Gasteiger partial charge in [0.2, 0.25) is 0 Å². The highest BCUT2D eigenvalue weighted by atomic mass is 35.5.